The molecule has 0 fully saturated rings. The van der Waals surface area contributed by atoms with Gasteiger partial charge in [0.15, 0.2) is 0 Å². The first-order valence-corrected chi connectivity index (χ1v) is 8.22. The highest BCUT2D eigenvalue weighted by atomic mass is 19.4. The number of halogens is 3. The third-order valence-corrected chi connectivity index (χ3v) is 3.80. The van der Waals surface area contributed by atoms with Gasteiger partial charge in [0.25, 0.3) is 0 Å². The monoisotopic (exact) mass is 375 g/mol. The summed E-state index contributed by atoms with van der Waals surface area (Å²) in [4.78, 5) is 11.9. The number of hydrogen-bond donors (Lipinski definition) is 1. The third kappa shape index (κ3) is 5.16. The van der Waals surface area contributed by atoms with Crippen molar-refractivity contribution in [2.45, 2.75) is 25.6 Å². The molecule has 0 aliphatic carbocycles. The van der Waals surface area contributed by atoms with Gasteiger partial charge in [-0.15, -0.1) is 10.2 Å². The van der Waals surface area contributed by atoms with Crippen LogP contribution in [0.15, 0.2) is 59.0 Å². The number of aromatic nitrogens is 2. The van der Waals surface area contributed by atoms with Crippen LogP contribution < -0.4 is 5.32 Å². The van der Waals surface area contributed by atoms with Crippen molar-refractivity contribution in [1.82, 2.24) is 15.5 Å². The lowest BCUT2D eigenvalue weighted by atomic mass is 10.1. The Balaban J connectivity index is 1.56. The van der Waals surface area contributed by atoms with E-state index in [9.17, 15) is 18.0 Å². The molecule has 3 rings (SSSR count). The topological polar surface area (TPSA) is 68.0 Å². The van der Waals surface area contributed by atoms with Gasteiger partial charge in [-0.05, 0) is 23.8 Å². The van der Waals surface area contributed by atoms with E-state index in [4.69, 9.17) is 4.42 Å². The van der Waals surface area contributed by atoms with Crippen molar-refractivity contribution in [2.24, 2.45) is 0 Å². The van der Waals surface area contributed by atoms with Crippen molar-refractivity contribution < 1.29 is 22.4 Å². The molecule has 0 saturated heterocycles. The average Bonchev–Trinajstić information content (AvgIpc) is 3.14. The fourth-order valence-corrected chi connectivity index (χ4v) is 2.41. The van der Waals surface area contributed by atoms with E-state index >= 15 is 0 Å². The molecule has 3 aromatic rings. The van der Waals surface area contributed by atoms with Gasteiger partial charge in [-0.2, -0.15) is 13.2 Å². The minimum absolute atomic E-state index is 0.0132. The average molecular weight is 375 g/mol. The molecule has 1 N–H and O–H groups in total. The van der Waals surface area contributed by atoms with Gasteiger partial charge in [-0.3, -0.25) is 4.79 Å². The highest BCUT2D eigenvalue weighted by molar-refractivity contribution is 5.76. The second-order valence-electron chi connectivity index (χ2n) is 5.84. The summed E-state index contributed by atoms with van der Waals surface area (Å²) in [6.45, 7) is 0.416. The maximum absolute atomic E-state index is 12.8. The number of amides is 1. The Kier molecular flexibility index (Phi) is 5.54. The lowest BCUT2D eigenvalue weighted by molar-refractivity contribution is -0.137. The summed E-state index contributed by atoms with van der Waals surface area (Å²) >= 11 is 0. The van der Waals surface area contributed by atoms with Crippen LogP contribution in [0.5, 0.6) is 0 Å². The minimum Gasteiger partial charge on any atom is -0.421 e. The second kappa shape index (κ2) is 8.03. The Morgan fingerprint density at radius 2 is 1.81 bits per heavy atom. The van der Waals surface area contributed by atoms with Crippen molar-refractivity contribution >= 4 is 5.91 Å². The molecule has 27 heavy (non-hydrogen) atoms. The number of rotatable bonds is 6. The fraction of sp³-hybridized carbons (Fsp3) is 0.211. The number of nitrogens with zero attached hydrogens (tertiary/aromatic N) is 2. The first kappa shape index (κ1) is 18.6. The number of hydrogen-bond acceptors (Lipinski definition) is 4. The fourth-order valence-electron chi connectivity index (χ4n) is 2.41. The van der Waals surface area contributed by atoms with Gasteiger partial charge in [-0.25, -0.2) is 0 Å². The standard InChI is InChI=1S/C19H16F3N3O2/c20-19(21,22)15-8-4-7-14(11-15)18-25-24-17(27-18)10-9-16(26)23-12-13-5-2-1-3-6-13/h1-8,11H,9-10,12H2,(H,23,26). The Hall–Kier alpha value is -3.16. The Labute approximate surface area is 153 Å². The smallest absolute Gasteiger partial charge is 0.416 e. The molecule has 5 nitrogen and oxygen atoms in total. The van der Waals surface area contributed by atoms with Crippen LogP contribution in [0.3, 0.4) is 0 Å². The van der Waals surface area contributed by atoms with Crippen LogP contribution >= 0.6 is 0 Å². The van der Waals surface area contributed by atoms with Crippen molar-refractivity contribution in [1.29, 1.82) is 0 Å². The van der Waals surface area contributed by atoms with Crippen LogP contribution in [0.25, 0.3) is 11.5 Å². The summed E-state index contributed by atoms with van der Waals surface area (Å²) in [5, 5.41) is 10.3. The van der Waals surface area contributed by atoms with Gasteiger partial charge in [-0.1, -0.05) is 36.4 Å². The van der Waals surface area contributed by atoms with Crippen LogP contribution in [-0.4, -0.2) is 16.1 Å². The molecule has 8 heteroatoms. The van der Waals surface area contributed by atoms with Crippen molar-refractivity contribution in [2.75, 3.05) is 0 Å². The zero-order chi connectivity index (χ0) is 19.3. The third-order valence-electron chi connectivity index (χ3n) is 3.80. The molecular formula is C19H16F3N3O2. The van der Waals surface area contributed by atoms with E-state index in [1.807, 2.05) is 30.3 Å². The molecule has 0 radical (unpaired) electrons. The summed E-state index contributed by atoms with van der Waals surface area (Å²) in [5.41, 5.74) is 0.368. The Morgan fingerprint density at radius 1 is 1.04 bits per heavy atom. The van der Waals surface area contributed by atoms with Gasteiger partial charge in [0.05, 0.1) is 5.56 Å². The number of carbonyl (C=O) groups is 1. The van der Waals surface area contributed by atoms with Gasteiger partial charge < -0.3 is 9.73 Å². The normalized spacial score (nSPS) is 11.4. The molecule has 0 aliphatic heterocycles. The molecule has 1 heterocycles. The van der Waals surface area contributed by atoms with Crippen LogP contribution in [0, 0.1) is 0 Å². The van der Waals surface area contributed by atoms with E-state index in [2.05, 4.69) is 15.5 Å². The number of carbonyl (C=O) groups excluding carboxylic acids is 1. The van der Waals surface area contributed by atoms with Crippen molar-refractivity contribution in [3.63, 3.8) is 0 Å². The van der Waals surface area contributed by atoms with E-state index in [0.29, 0.717) is 6.54 Å². The van der Waals surface area contributed by atoms with E-state index in [1.54, 1.807) is 0 Å². The molecule has 0 atom stereocenters. The lowest BCUT2D eigenvalue weighted by Crippen LogP contribution is -2.22. The lowest BCUT2D eigenvalue weighted by Gasteiger charge is -2.06. The molecule has 0 saturated carbocycles. The zero-order valence-electron chi connectivity index (χ0n) is 14.2. The van der Waals surface area contributed by atoms with Gasteiger partial charge >= 0.3 is 6.18 Å². The van der Waals surface area contributed by atoms with E-state index in [1.165, 1.54) is 12.1 Å². The molecular weight excluding hydrogens is 359 g/mol. The van der Waals surface area contributed by atoms with E-state index in [-0.39, 0.29) is 36.1 Å². The number of nitrogens with one attached hydrogen (secondary N) is 1. The highest BCUT2D eigenvalue weighted by Crippen LogP contribution is 2.31. The SMILES string of the molecule is O=C(CCc1nnc(-c2cccc(C(F)(F)F)c2)o1)NCc1ccccc1. The zero-order valence-corrected chi connectivity index (χ0v) is 14.2. The number of benzene rings is 2. The molecule has 2 aromatic carbocycles. The second-order valence-corrected chi connectivity index (χ2v) is 5.84. The quantitative estimate of drug-likeness (QED) is 0.707. The highest BCUT2D eigenvalue weighted by Gasteiger charge is 2.30. The summed E-state index contributed by atoms with van der Waals surface area (Å²) in [6, 6.07) is 14.1. The molecule has 1 aromatic heterocycles. The Bertz CT molecular complexity index is 908. The molecule has 0 unspecified atom stereocenters. The Morgan fingerprint density at radius 3 is 2.56 bits per heavy atom. The predicted molar refractivity (Wildman–Crippen MR) is 91.3 cm³/mol. The van der Waals surface area contributed by atoms with E-state index < -0.39 is 11.7 Å². The first-order chi connectivity index (χ1) is 12.9. The summed E-state index contributed by atoms with van der Waals surface area (Å²) in [7, 11) is 0. The predicted octanol–water partition coefficient (Wildman–Crippen LogP) is 4.00. The van der Waals surface area contributed by atoms with Gasteiger partial charge in [0, 0.05) is 24.9 Å². The van der Waals surface area contributed by atoms with Crippen LogP contribution in [-0.2, 0) is 23.9 Å². The van der Waals surface area contributed by atoms with Gasteiger partial charge in [0.1, 0.15) is 0 Å². The number of alkyl halides is 3. The summed E-state index contributed by atoms with van der Waals surface area (Å²) in [6.07, 6.45) is -4.11. The van der Waals surface area contributed by atoms with Crippen molar-refractivity contribution in [3.8, 4) is 11.5 Å². The van der Waals surface area contributed by atoms with Crippen LogP contribution in [0.2, 0.25) is 0 Å². The maximum atomic E-state index is 12.8. The summed E-state index contributed by atoms with van der Waals surface area (Å²) in [5.74, 6) is -0.00395. The molecule has 0 spiro atoms. The minimum atomic E-state index is -4.45. The largest absolute Gasteiger partial charge is 0.421 e. The number of aryl methyl sites for hydroxylation is 1. The van der Waals surface area contributed by atoms with Crippen LogP contribution in [0.4, 0.5) is 13.2 Å². The summed E-state index contributed by atoms with van der Waals surface area (Å²) < 4.78 is 43.7. The first-order valence-electron chi connectivity index (χ1n) is 8.22. The molecule has 1 amide bonds. The molecule has 140 valence electrons. The maximum Gasteiger partial charge on any atom is 0.416 e. The van der Waals surface area contributed by atoms with Crippen molar-refractivity contribution in [3.05, 3.63) is 71.6 Å². The van der Waals surface area contributed by atoms with E-state index in [0.717, 1.165) is 17.7 Å². The van der Waals surface area contributed by atoms with Crippen LogP contribution in [0.1, 0.15) is 23.4 Å². The molecule has 0 aliphatic rings. The van der Waals surface area contributed by atoms with Gasteiger partial charge in [0.2, 0.25) is 17.7 Å². The molecule has 0 bridgehead atoms.